The van der Waals surface area contributed by atoms with Crippen molar-refractivity contribution in [1.29, 1.82) is 0 Å². The molecule has 1 rings (SSSR count). The Morgan fingerprint density at radius 2 is 2.00 bits per heavy atom. The third-order valence-corrected chi connectivity index (χ3v) is 1.91. The van der Waals surface area contributed by atoms with Gasteiger partial charge in [0.15, 0.2) is 0 Å². The third-order valence-electron chi connectivity index (χ3n) is 1.91. The highest BCUT2D eigenvalue weighted by Gasteiger charge is 2.09. The summed E-state index contributed by atoms with van der Waals surface area (Å²) in [5, 5.41) is 8.88. The number of benzene rings is 1. The van der Waals surface area contributed by atoms with E-state index >= 15 is 0 Å². The molecule has 1 aromatic rings. The van der Waals surface area contributed by atoms with Crippen LogP contribution in [0.1, 0.15) is 10.4 Å². The molecule has 0 atom stereocenters. The smallest absolute Gasteiger partial charge is 0.339 e. The van der Waals surface area contributed by atoms with Crippen molar-refractivity contribution in [2.24, 2.45) is 0 Å². The number of carboxylic acids is 1. The fourth-order valence-electron chi connectivity index (χ4n) is 1.11. The van der Waals surface area contributed by atoms with Gasteiger partial charge >= 0.3 is 5.97 Å². The summed E-state index contributed by atoms with van der Waals surface area (Å²) in [7, 11) is 3.87. The Morgan fingerprint density at radius 1 is 1.38 bits per heavy atom. The van der Waals surface area contributed by atoms with Gasteiger partial charge in [-0.05, 0) is 26.2 Å². The van der Waals surface area contributed by atoms with Gasteiger partial charge in [0.25, 0.3) is 0 Å². The van der Waals surface area contributed by atoms with Crippen LogP contribution < -0.4 is 4.74 Å². The van der Waals surface area contributed by atoms with Crippen LogP contribution in [0.15, 0.2) is 24.3 Å². The highest BCUT2D eigenvalue weighted by molar-refractivity contribution is 5.90. The Morgan fingerprint density at radius 3 is 2.56 bits per heavy atom. The lowest BCUT2D eigenvalue weighted by atomic mass is 10.2. The lowest BCUT2D eigenvalue weighted by Crippen LogP contribution is -2.20. The van der Waals surface area contributed by atoms with Gasteiger partial charge in [-0.1, -0.05) is 12.1 Å². The Hall–Kier alpha value is -1.26. The first-order valence-electron chi connectivity index (χ1n) is 4.71. The van der Waals surface area contributed by atoms with Gasteiger partial charge in [-0.3, -0.25) is 0 Å². The summed E-state index contributed by atoms with van der Waals surface area (Å²) >= 11 is 0. The summed E-state index contributed by atoms with van der Waals surface area (Å²) in [6, 6.07) is 6.64. The van der Waals surface area contributed by atoms with Crippen LogP contribution in [0.3, 0.4) is 0 Å². The van der Waals surface area contributed by atoms with E-state index in [9.17, 15) is 4.79 Å². The van der Waals surface area contributed by atoms with Gasteiger partial charge in [-0.15, -0.1) is 12.4 Å². The summed E-state index contributed by atoms with van der Waals surface area (Å²) in [5.74, 6) is -0.540. The molecule has 1 N–H and O–H groups in total. The summed E-state index contributed by atoms with van der Waals surface area (Å²) < 4.78 is 5.39. The van der Waals surface area contributed by atoms with Crippen molar-refractivity contribution >= 4 is 18.4 Å². The van der Waals surface area contributed by atoms with Gasteiger partial charge in [-0.2, -0.15) is 0 Å². The number of para-hydroxylation sites is 1. The van der Waals surface area contributed by atoms with E-state index in [1.807, 2.05) is 19.0 Å². The lowest BCUT2D eigenvalue weighted by molar-refractivity contribution is 0.0692. The molecule has 0 spiro atoms. The van der Waals surface area contributed by atoms with Crippen molar-refractivity contribution in [3.8, 4) is 5.75 Å². The number of aromatic carboxylic acids is 1. The monoisotopic (exact) mass is 245 g/mol. The summed E-state index contributed by atoms with van der Waals surface area (Å²) in [6.45, 7) is 1.24. The van der Waals surface area contributed by atoms with Crippen molar-refractivity contribution < 1.29 is 14.6 Å². The quantitative estimate of drug-likeness (QED) is 0.859. The first-order valence-corrected chi connectivity index (χ1v) is 4.71. The molecule has 0 bridgehead atoms. The van der Waals surface area contributed by atoms with Crippen molar-refractivity contribution in [1.82, 2.24) is 4.90 Å². The van der Waals surface area contributed by atoms with Gasteiger partial charge in [0.2, 0.25) is 0 Å². The molecule has 90 valence electrons. The molecule has 16 heavy (non-hydrogen) atoms. The molecule has 0 aliphatic heterocycles. The van der Waals surface area contributed by atoms with Crippen molar-refractivity contribution in [3.05, 3.63) is 29.8 Å². The number of ether oxygens (including phenoxy) is 1. The van der Waals surface area contributed by atoms with Crippen molar-refractivity contribution in [2.75, 3.05) is 27.2 Å². The number of carbonyl (C=O) groups is 1. The van der Waals surface area contributed by atoms with Gasteiger partial charge in [-0.25, -0.2) is 4.79 Å². The van der Waals surface area contributed by atoms with E-state index in [1.165, 1.54) is 6.07 Å². The SMILES string of the molecule is CN(C)CCOc1ccccc1C(=O)O.Cl. The van der Waals surface area contributed by atoms with Crippen LogP contribution in [-0.4, -0.2) is 43.2 Å². The van der Waals surface area contributed by atoms with Crippen LogP contribution in [0.4, 0.5) is 0 Å². The lowest BCUT2D eigenvalue weighted by Gasteiger charge is -2.12. The average Bonchev–Trinajstić information content (AvgIpc) is 2.17. The standard InChI is InChI=1S/C11H15NO3.ClH/c1-12(2)7-8-15-10-6-4-3-5-9(10)11(13)14;/h3-6H,7-8H2,1-2H3,(H,13,14);1H. The van der Waals surface area contributed by atoms with Crippen LogP contribution in [0.2, 0.25) is 0 Å². The first-order chi connectivity index (χ1) is 7.11. The van der Waals surface area contributed by atoms with Gasteiger partial charge in [0, 0.05) is 6.54 Å². The van der Waals surface area contributed by atoms with E-state index in [0.717, 1.165) is 6.54 Å². The molecule has 0 radical (unpaired) electrons. The fourth-order valence-corrected chi connectivity index (χ4v) is 1.11. The largest absolute Gasteiger partial charge is 0.491 e. The molecule has 0 aromatic heterocycles. The fraction of sp³-hybridized carbons (Fsp3) is 0.364. The number of halogens is 1. The zero-order valence-electron chi connectivity index (χ0n) is 9.34. The van der Waals surface area contributed by atoms with Gasteiger partial charge in [0.05, 0.1) is 0 Å². The van der Waals surface area contributed by atoms with E-state index in [2.05, 4.69) is 0 Å². The van der Waals surface area contributed by atoms with Crippen LogP contribution in [0.25, 0.3) is 0 Å². The minimum atomic E-state index is -0.963. The molecule has 4 nitrogen and oxygen atoms in total. The van der Waals surface area contributed by atoms with E-state index in [1.54, 1.807) is 18.2 Å². The predicted molar refractivity (Wildman–Crippen MR) is 64.7 cm³/mol. The van der Waals surface area contributed by atoms with Crippen molar-refractivity contribution in [3.63, 3.8) is 0 Å². The second-order valence-corrected chi connectivity index (χ2v) is 3.45. The zero-order chi connectivity index (χ0) is 11.3. The first kappa shape index (κ1) is 14.7. The molecule has 1 aromatic carbocycles. The Balaban J connectivity index is 0.00000225. The van der Waals surface area contributed by atoms with E-state index in [0.29, 0.717) is 12.4 Å². The predicted octanol–water partition coefficient (Wildman–Crippen LogP) is 1.75. The van der Waals surface area contributed by atoms with E-state index in [4.69, 9.17) is 9.84 Å². The number of nitrogens with zero attached hydrogens (tertiary/aromatic N) is 1. The summed E-state index contributed by atoms with van der Waals surface area (Å²) in [4.78, 5) is 12.8. The maximum atomic E-state index is 10.8. The number of hydrogen-bond donors (Lipinski definition) is 1. The Labute approximate surface area is 101 Å². The molecule has 0 fully saturated rings. The Kier molecular flexibility index (Phi) is 6.53. The number of rotatable bonds is 5. The van der Waals surface area contributed by atoms with Crippen LogP contribution in [0.5, 0.6) is 5.75 Å². The maximum Gasteiger partial charge on any atom is 0.339 e. The van der Waals surface area contributed by atoms with E-state index in [-0.39, 0.29) is 18.0 Å². The Bertz CT molecular complexity index is 342. The second kappa shape index (κ2) is 7.09. The molecule has 0 aliphatic rings. The molecule has 0 heterocycles. The highest BCUT2D eigenvalue weighted by Crippen LogP contribution is 2.17. The molecule has 5 heteroatoms. The number of likely N-dealkylation sites (N-methyl/N-ethyl adjacent to an activating group) is 1. The summed E-state index contributed by atoms with van der Waals surface area (Å²) in [5.41, 5.74) is 0.205. The van der Waals surface area contributed by atoms with Crippen LogP contribution >= 0.6 is 12.4 Å². The molecule has 0 unspecified atom stereocenters. The van der Waals surface area contributed by atoms with Crippen LogP contribution in [-0.2, 0) is 0 Å². The highest BCUT2D eigenvalue weighted by atomic mass is 35.5. The molecular weight excluding hydrogens is 230 g/mol. The average molecular weight is 246 g/mol. The molecule has 0 saturated heterocycles. The summed E-state index contributed by atoms with van der Waals surface area (Å²) in [6.07, 6.45) is 0. The minimum Gasteiger partial charge on any atom is -0.491 e. The molecule has 0 amide bonds. The normalized spacial score (nSPS) is 9.69. The molecule has 0 saturated carbocycles. The topological polar surface area (TPSA) is 49.8 Å². The second-order valence-electron chi connectivity index (χ2n) is 3.45. The minimum absolute atomic E-state index is 0. The number of hydrogen-bond acceptors (Lipinski definition) is 3. The van der Waals surface area contributed by atoms with Gasteiger partial charge in [0.1, 0.15) is 17.9 Å². The number of carboxylic acid groups (broad SMARTS) is 1. The molecule has 0 aliphatic carbocycles. The van der Waals surface area contributed by atoms with Crippen LogP contribution in [0, 0.1) is 0 Å². The van der Waals surface area contributed by atoms with Gasteiger partial charge < -0.3 is 14.7 Å². The van der Waals surface area contributed by atoms with Crippen molar-refractivity contribution in [2.45, 2.75) is 0 Å². The zero-order valence-corrected chi connectivity index (χ0v) is 10.2. The molecular formula is C11H16ClNO3. The third kappa shape index (κ3) is 4.51. The maximum absolute atomic E-state index is 10.8. The van der Waals surface area contributed by atoms with E-state index < -0.39 is 5.97 Å².